The van der Waals surface area contributed by atoms with E-state index in [1.165, 1.54) is 12.1 Å². The Bertz CT molecular complexity index is 1320. The quantitative estimate of drug-likeness (QED) is 0.410. The first-order chi connectivity index (χ1) is 15.9. The number of ether oxygens (including phenoxy) is 1. The van der Waals surface area contributed by atoms with Gasteiger partial charge < -0.3 is 10.1 Å². The highest BCUT2D eigenvalue weighted by molar-refractivity contribution is 5.92. The van der Waals surface area contributed by atoms with E-state index >= 15 is 0 Å². The molecular formula is C26H27FN4O2. The Labute approximate surface area is 192 Å². The van der Waals surface area contributed by atoms with Crippen molar-refractivity contribution in [2.75, 3.05) is 11.9 Å². The molecule has 0 unspecified atom stereocenters. The molecule has 1 amide bonds. The van der Waals surface area contributed by atoms with Crippen LogP contribution in [0.4, 0.5) is 10.1 Å². The molecule has 2 aromatic heterocycles. The molecule has 0 saturated heterocycles. The fraction of sp³-hybridized carbons (Fsp3) is 0.269. The molecule has 4 aromatic rings. The Balaban J connectivity index is 1.65. The van der Waals surface area contributed by atoms with Crippen LogP contribution in [0.5, 0.6) is 5.88 Å². The van der Waals surface area contributed by atoms with Crippen molar-refractivity contribution < 1.29 is 13.9 Å². The fourth-order valence-corrected chi connectivity index (χ4v) is 4.05. The van der Waals surface area contributed by atoms with Crippen LogP contribution in [-0.2, 0) is 11.2 Å². The lowest BCUT2D eigenvalue weighted by atomic mass is 10.0. The summed E-state index contributed by atoms with van der Waals surface area (Å²) in [5.41, 5.74) is 5.72. The lowest BCUT2D eigenvalue weighted by Crippen LogP contribution is -2.14. The third kappa shape index (κ3) is 4.58. The highest BCUT2D eigenvalue weighted by atomic mass is 19.1. The Morgan fingerprint density at radius 1 is 1.12 bits per heavy atom. The van der Waals surface area contributed by atoms with E-state index in [2.05, 4.69) is 5.32 Å². The number of carbonyl (C=O) groups excluding carboxylic acids is 1. The highest BCUT2D eigenvalue weighted by Gasteiger charge is 2.20. The van der Waals surface area contributed by atoms with Crippen LogP contribution in [0.15, 0.2) is 48.5 Å². The van der Waals surface area contributed by atoms with Gasteiger partial charge in [0.15, 0.2) is 5.65 Å². The molecule has 6 nitrogen and oxygen atoms in total. The number of aryl methyl sites for hydroxylation is 3. The van der Waals surface area contributed by atoms with Crippen molar-refractivity contribution in [3.05, 3.63) is 76.7 Å². The Morgan fingerprint density at radius 2 is 1.88 bits per heavy atom. The normalized spacial score (nSPS) is 11.1. The van der Waals surface area contributed by atoms with E-state index < -0.39 is 0 Å². The van der Waals surface area contributed by atoms with Crippen molar-refractivity contribution in [3.63, 3.8) is 0 Å². The number of halogens is 1. The largest absolute Gasteiger partial charge is 0.478 e. The molecule has 0 aliphatic carbocycles. The molecule has 0 atom stereocenters. The predicted octanol–water partition coefficient (Wildman–Crippen LogP) is 5.45. The van der Waals surface area contributed by atoms with E-state index in [-0.39, 0.29) is 18.1 Å². The molecule has 2 heterocycles. The molecule has 2 aromatic carbocycles. The second-order valence-corrected chi connectivity index (χ2v) is 7.99. The zero-order valence-electron chi connectivity index (χ0n) is 19.3. The molecule has 0 aliphatic heterocycles. The summed E-state index contributed by atoms with van der Waals surface area (Å²) in [6, 6.07) is 14.2. The first-order valence-corrected chi connectivity index (χ1v) is 11.0. The molecule has 1 N–H and O–H groups in total. The smallest absolute Gasteiger partial charge is 0.224 e. The van der Waals surface area contributed by atoms with Gasteiger partial charge in [0.05, 0.1) is 18.0 Å². The molecule has 0 aliphatic rings. The van der Waals surface area contributed by atoms with Crippen molar-refractivity contribution in [3.8, 4) is 11.6 Å². The summed E-state index contributed by atoms with van der Waals surface area (Å²) in [6.07, 6.45) is 0.711. The van der Waals surface area contributed by atoms with E-state index in [4.69, 9.17) is 14.8 Å². The van der Waals surface area contributed by atoms with Crippen LogP contribution in [0.3, 0.4) is 0 Å². The topological polar surface area (TPSA) is 69.0 Å². The second-order valence-electron chi connectivity index (χ2n) is 7.99. The second kappa shape index (κ2) is 9.40. The van der Waals surface area contributed by atoms with Gasteiger partial charge in [-0.25, -0.2) is 9.07 Å². The van der Waals surface area contributed by atoms with Gasteiger partial charge in [0, 0.05) is 23.1 Å². The minimum Gasteiger partial charge on any atom is -0.478 e. The summed E-state index contributed by atoms with van der Waals surface area (Å²) in [6.45, 7) is 8.12. The lowest BCUT2D eigenvalue weighted by molar-refractivity contribution is -0.116. The third-order valence-electron chi connectivity index (χ3n) is 5.68. The lowest BCUT2D eigenvalue weighted by Gasteiger charge is -2.14. The summed E-state index contributed by atoms with van der Waals surface area (Å²) in [7, 11) is 0. The van der Waals surface area contributed by atoms with Gasteiger partial charge in [0.25, 0.3) is 0 Å². The van der Waals surface area contributed by atoms with Crippen LogP contribution in [0.1, 0.15) is 35.7 Å². The first kappa shape index (κ1) is 22.5. The number of pyridine rings is 1. The van der Waals surface area contributed by atoms with E-state index in [9.17, 15) is 9.18 Å². The summed E-state index contributed by atoms with van der Waals surface area (Å²) in [4.78, 5) is 17.5. The number of aromatic nitrogens is 3. The Morgan fingerprint density at radius 3 is 2.58 bits per heavy atom. The zero-order chi connectivity index (χ0) is 23.5. The molecule has 0 saturated carbocycles. The average Bonchev–Trinajstić information content (AvgIpc) is 3.12. The van der Waals surface area contributed by atoms with Crippen LogP contribution < -0.4 is 10.1 Å². The Hall–Kier alpha value is -3.74. The minimum absolute atomic E-state index is 0.150. The number of carbonyl (C=O) groups is 1. The van der Waals surface area contributed by atoms with Gasteiger partial charge in [0.2, 0.25) is 11.8 Å². The van der Waals surface area contributed by atoms with Gasteiger partial charge in [-0.15, -0.1) is 0 Å². The van der Waals surface area contributed by atoms with E-state index in [1.807, 2.05) is 55.8 Å². The number of anilines is 1. The van der Waals surface area contributed by atoms with Gasteiger partial charge in [-0.1, -0.05) is 18.2 Å². The number of fused-ring (bicyclic) bond motifs is 1. The molecule has 4 rings (SSSR count). The van der Waals surface area contributed by atoms with Crippen LogP contribution >= 0.6 is 0 Å². The van der Waals surface area contributed by atoms with Crippen molar-refractivity contribution in [1.29, 1.82) is 0 Å². The Kier molecular flexibility index (Phi) is 6.40. The minimum atomic E-state index is -0.326. The van der Waals surface area contributed by atoms with Crippen molar-refractivity contribution in [1.82, 2.24) is 14.8 Å². The van der Waals surface area contributed by atoms with Gasteiger partial charge in [-0.05, 0) is 75.6 Å². The number of para-hydroxylation sites is 1. The molecule has 0 bridgehead atoms. The standard InChI is InChI=1S/C26H27FN4O2/c1-5-33-26-21(12-14-23(32)28-22-13-11-19(27)15-16(22)2)17(3)24-18(4)30-31(25(24)29-26)20-9-7-6-8-10-20/h6-11,13,15H,5,12,14H2,1-4H3,(H,28,32). The number of benzene rings is 2. The van der Waals surface area contributed by atoms with Gasteiger partial charge >= 0.3 is 0 Å². The van der Waals surface area contributed by atoms with Gasteiger partial charge in [-0.3, -0.25) is 4.79 Å². The maximum Gasteiger partial charge on any atom is 0.224 e. The number of rotatable bonds is 7. The summed E-state index contributed by atoms with van der Waals surface area (Å²) >= 11 is 0. The number of nitrogens with one attached hydrogen (secondary N) is 1. The van der Waals surface area contributed by atoms with E-state index in [1.54, 1.807) is 13.0 Å². The first-order valence-electron chi connectivity index (χ1n) is 11.0. The number of hydrogen-bond acceptors (Lipinski definition) is 4. The molecule has 170 valence electrons. The summed E-state index contributed by atoms with van der Waals surface area (Å²) in [5.74, 6) is 0.0435. The van der Waals surface area contributed by atoms with Crippen molar-refractivity contribution in [2.45, 2.75) is 40.5 Å². The van der Waals surface area contributed by atoms with Crippen molar-refractivity contribution >= 4 is 22.6 Å². The number of amides is 1. The van der Waals surface area contributed by atoms with E-state index in [0.717, 1.165) is 33.5 Å². The number of hydrogen-bond donors (Lipinski definition) is 1. The molecule has 0 fully saturated rings. The predicted molar refractivity (Wildman–Crippen MR) is 128 cm³/mol. The zero-order valence-corrected chi connectivity index (χ0v) is 19.3. The monoisotopic (exact) mass is 446 g/mol. The third-order valence-corrected chi connectivity index (χ3v) is 5.68. The average molecular weight is 447 g/mol. The van der Waals surface area contributed by atoms with Gasteiger partial charge in [0.1, 0.15) is 5.82 Å². The van der Waals surface area contributed by atoms with Crippen LogP contribution in [0.25, 0.3) is 16.7 Å². The SMILES string of the molecule is CCOc1nc2c(c(C)nn2-c2ccccc2)c(C)c1CCC(=O)Nc1ccc(F)cc1C. The number of nitrogens with zero attached hydrogens (tertiary/aromatic N) is 3. The van der Waals surface area contributed by atoms with Crippen LogP contribution in [-0.4, -0.2) is 27.3 Å². The van der Waals surface area contributed by atoms with Gasteiger partial charge in [-0.2, -0.15) is 10.1 Å². The maximum atomic E-state index is 13.3. The maximum absolute atomic E-state index is 13.3. The van der Waals surface area contributed by atoms with Crippen molar-refractivity contribution in [2.24, 2.45) is 0 Å². The summed E-state index contributed by atoms with van der Waals surface area (Å²) < 4.78 is 21.1. The van der Waals surface area contributed by atoms with Crippen LogP contribution in [0, 0.1) is 26.6 Å². The highest BCUT2D eigenvalue weighted by Crippen LogP contribution is 2.32. The van der Waals surface area contributed by atoms with E-state index in [0.29, 0.717) is 30.2 Å². The van der Waals surface area contributed by atoms with Crippen LogP contribution in [0.2, 0.25) is 0 Å². The molecular weight excluding hydrogens is 419 g/mol. The molecule has 0 radical (unpaired) electrons. The fourth-order valence-electron chi connectivity index (χ4n) is 4.05. The summed E-state index contributed by atoms with van der Waals surface area (Å²) in [5, 5.41) is 8.55. The molecule has 0 spiro atoms. The molecule has 7 heteroatoms. The molecule has 33 heavy (non-hydrogen) atoms.